The van der Waals surface area contributed by atoms with E-state index in [0.29, 0.717) is 11.1 Å². The van der Waals surface area contributed by atoms with Crippen LogP contribution in [0.2, 0.25) is 0 Å². The van der Waals surface area contributed by atoms with Crippen LogP contribution in [-0.2, 0) is 9.59 Å². The molecule has 0 aromatic heterocycles. The van der Waals surface area contributed by atoms with Gasteiger partial charge >= 0.3 is 11.8 Å². The highest BCUT2D eigenvalue weighted by Crippen LogP contribution is 2.16. The van der Waals surface area contributed by atoms with Gasteiger partial charge in [0.1, 0.15) is 11.6 Å². The van der Waals surface area contributed by atoms with Crippen LogP contribution in [0.5, 0.6) is 0 Å². The quantitative estimate of drug-likeness (QED) is 0.394. The maximum atomic E-state index is 13.1. The molecule has 0 aliphatic heterocycles. The van der Waals surface area contributed by atoms with E-state index in [2.05, 4.69) is 42.1 Å². The standard InChI is InChI=1S/C16H10Br2F2N4O2/c17-11-5-9(1-3-13(11)19)7-21-23-15(25)16(26)24-22-8-10-2-4-14(20)12(18)6-10/h1-8H,(H,23,25)(H,24,26). The predicted octanol–water partition coefficient (Wildman–Crippen LogP) is 3.09. The first-order valence-electron chi connectivity index (χ1n) is 6.93. The van der Waals surface area contributed by atoms with E-state index in [9.17, 15) is 18.4 Å². The Balaban J connectivity index is 1.85. The highest BCUT2D eigenvalue weighted by molar-refractivity contribution is 9.10. The summed E-state index contributed by atoms with van der Waals surface area (Å²) in [7, 11) is 0. The summed E-state index contributed by atoms with van der Waals surface area (Å²) in [5.74, 6) is -2.95. The maximum absolute atomic E-state index is 13.1. The molecule has 0 aliphatic rings. The number of nitrogens with zero attached hydrogens (tertiary/aromatic N) is 2. The minimum Gasteiger partial charge on any atom is -0.262 e. The van der Waals surface area contributed by atoms with Gasteiger partial charge in [0.15, 0.2) is 0 Å². The molecule has 0 unspecified atom stereocenters. The number of halogens is 4. The van der Waals surface area contributed by atoms with Crippen LogP contribution in [0.25, 0.3) is 0 Å². The lowest BCUT2D eigenvalue weighted by Gasteiger charge is -1.99. The number of rotatable bonds is 4. The summed E-state index contributed by atoms with van der Waals surface area (Å²) in [5, 5.41) is 7.19. The minimum atomic E-state index is -1.04. The first kappa shape index (κ1) is 19.9. The fourth-order valence-corrected chi connectivity index (χ4v) is 2.41. The molecule has 134 valence electrons. The van der Waals surface area contributed by atoms with Gasteiger partial charge in [-0.2, -0.15) is 10.2 Å². The van der Waals surface area contributed by atoms with Gasteiger partial charge in [0, 0.05) is 0 Å². The molecular weight excluding hydrogens is 478 g/mol. The normalized spacial score (nSPS) is 11.1. The molecule has 0 saturated heterocycles. The zero-order valence-corrected chi connectivity index (χ0v) is 16.0. The number of hydrazone groups is 2. The smallest absolute Gasteiger partial charge is 0.262 e. The van der Waals surface area contributed by atoms with E-state index in [1.165, 1.54) is 48.8 Å². The molecule has 0 fully saturated rings. The zero-order chi connectivity index (χ0) is 19.1. The summed E-state index contributed by atoms with van der Waals surface area (Å²) < 4.78 is 26.7. The van der Waals surface area contributed by atoms with Crippen molar-refractivity contribution in [1.29, 1.82) is 0 Å². The number of nitrogens with one attached hydrogen (secondary N) is 2. The zero-order valence-electron chi connectivity index (χ0n) is 12.8. The molecule has 0 radical (unpaired) electrons. The molecule has 0 aliphatic carbocycles. The van der Waals surface area contributed by atoms with Crippen molar-refractivity contribution in [3.8, 4) is 0 Å². The molecule has 26 heavy (non-hydrogen) atoms. The first-order chi connectivity index (χ1) is 12.4. The Hall–Kier alpha value is -2.46. The van der Waals surface area contributed by atoms with Gasteiger partial charge in [0.2, 0.25) is 0 Å². The second-order valence-electron chi connectivity index (χ2n) is 4.75. The highest BCUT2D eigenvalue weighted by Gasteiger charge is 2.11. The van der Waals surface area contributed by atoms with Gasteiger partial charge < -0.3 is 0 Å². The van der Waals surface area contributed by atoms with Crippen molar-refractivity contribution in [1.82, 2.24) is 10.9 Å². The van der Waals surface area contributed by atoms with Crippen LogP contribution in [0.15, 0.2) is 55.5 Å². The van der Waals surface area contributed by atoms with E-state index >= 15 is 0 Å². The van der Waals surface area contributed by atoms with E-state index in [1.807, 2.05) is 10.9 Å². The number of carbonyl (C=O) groups is 2. The monoisotopic (exact) mass is 486 g/mol. The minimum absolute atomic E-state index is 0.243. The number of hydrogen-bond donors (Lipinski definition) is 2. The molecular formula is C16H10Br2F2N4O2. The molecule has 0 bridgehead atoms. The Morgan fingerprint density at radius 3 is 1.54 bits per heavy atom. The SMILES string of the molecule is O=C(NN=Cc1ccc(F)c(Br)c1)C(=O)NN=Cc1ccc(F)c(Br)c1. The third kappa shape index (κ3) is 5.81. The number of amides is 2. The molecule has 0 saturated carbocycles. The van der Waals surface area contributed by atoms with Crippen molar-refractivity contribution in [2.75, 3.05) is 0 Å². The highest BCUT2D eigenvalue weighted by atomic mass is 79.9. The molecule has 10 heteroatoms. The van der Waals surface area contributed by atoms with Crippen LogP contribution in [-0.4, -0.2) is 24.2 Å². The van der Waals surface area contributed by atoms with Crippen molar-refractivity contribution in [3.63, 3.8) is 0 Å². The third-order valence-corrected chi connectivity index (χ3v) is 4.07. The lowest BCUT2D eigenvalue weighted by molar-refractivity contribution is -0.139. The van der Waals surface area contributed by atoms with Crippen LogP contribution in [0.3, 0.4) is 0 Å². The van der Waals surface area contributed by atoms with Crippen LogP contribution in [0.4, 0.5) is 8.78 Å². The molecule has 6 nitrogen and oxygen atoms in total. The second-order valence-corrected chi connectivity index (χ2v) is 6.45. The first-order valence-corrected chi connectivity index (χ1v) is 8.52. The van der Waals surface area contributed by atoms with E-state index in [4.69, 9.17) is 0 Å². The molecule has 2 amide bonds. The molecule has 0 spiro atoms. The summed E-state index contributed by atoms with van der Waals surface area (Å²) in [6.45, 7) is 0. The maximum Gasteiger partial charge on any atom is 0.331 e. The summed E-state index contributed by atoms with van der Waals surface area (Å²) in [4.78, 5) is 23.1. The average molecular weight is 488 g/mol. The summed E-state index contributed by atoms with van der Waals surface area (Å²) in [6.07, 6.45) is 2.49. The van der Waals surface area contributed by atoms with E-state index in [0.717, 1.165) is 0 Å². The van der Waals surface area contributed by atoms with Crippen LogP contribution in [0.1, 0.15) is 11.1 Å². The number of hydrogen-bond acceptors (Lipinski definition) is 4. The molecule has 2 aromatic carbocycles. The second kappa shape index (κ2) is 9.30. The van der Waals surface area contributed by atoms with Gasteiger partial charge in [-0.05, 0) is 67.3 Å². The Labute approximate surface area is 163 Å². The number of benzene rings is 2. The Bertz CT molecular complexity index is 830. The molecule has 2 N–H and O–H groups in total. The summed E-state index contributed by atoms with van der Waals surface area (Å²) in [6, 6.07) is 8.25. The van der Waals surface area contributed by atoms with Crippen LogP contribution < -0.4 is 10.9 Å². The lowest BCUT2D eigenvalue weighted by atomic mass is 10.2. The summed E-state index contributed by atoms with van der Waals surface area (Å²) in [5.41, 5.74) is 5.04. The van der Waals surface area contributed by atoms with Crippen molar-refractivity contribution in [3.05, 3.63) is 68.1 Å². The largest absolute Gasteiger partial charge is 0.331 e. The van der Waals surface area contributed by atoms with Crippen molar-refractivity contribution >= 4 is 56.1 Å². The number of carbonyl (C=O) groups excluding carboxylic acids is 2. The van der Waals surface area contributed by atoms with Gasteiger partial charge in [0.05, 0.1) is 21.4 Å². The van der Waals surface area contributed by atoms with Crippen molar-refractivity contribution < 1.29 is 18.4 Å². The predicted molar refractivity (Wildman–Crippen MR) is 99.7 cm³/mol. The third-order valence-electron chi connectivity index (χ3n) is 2.85. The fourth-order valence-electron chi connectivity index (χ4n) is 1.62. The van der Waals surface area contributed by atoms with Gasteiger partial charge in [-0.3, -0.25) is 9.59 Å². The van der Waals surface area contributed by atoms with Gasteiger partial charge in [-0.25, -0.2) is 19.6 Å². The van der Waals surface area contributed by atoms with E-state index in [1.54, 1.807) is 0 Å². The van der Waals surface area contributed by atoms with Gasteiger partial charge in [0.25, 0.3) is 0 Å². The molecule has 0 atom stereocenters. The van der Waals surface area contributed by atoms with Crippen molar-refractivity contribution in [2.24, 2.45) is 10.2 Å². The lowest BCUT2D eigenvalue weighted by Crippen LogP contribution is -2.35. The van der Waals surface area contributed by atoms with E-state index in [-0.39, 0.29) is 8.95 Å². The Morgan fingerprint density at radius 2 is 1.19 bits per heavy atom. The molecule has 2 rings (SSSR count). The molecule has 0 heterocycles. The van der Waals surface area contributed by atoms with Gasteiger partial charge in [-0.1, -0.05) is 12.1 Å². The molecule has 2 aromatic rings. The fraction of sp³-hybridized carbons (Fsp3) is 0. The summed E-state index contributed by atoms with van der Waals surface area (Å²) >= 11 is 6.04. The topological polar surface area (TPSA) is 82.9 Å². The Morgan fingerprint density at radius 1 is 0.808 bits per heavy atom. The Kier molecular flexibility index (Phi) is 7.10. The average Bonchev–Trinajstić information content (AvgIpc) is 2.61. The van der Waals surface area contributed by atoms with Gasteiger partial charge in [-0.15, -0.1) is 0 Å². The van der Waals surface area contributed by atoms with Crippen LogP contribution >= 0.6 is 31.9 Å². The van der Waals surface area contributed by atoms with Crippen molar-refractivity contribution in [2.45, 2.75) is 0 Å². The van der Waals surface area contributed by atoms with Crippen LogP contribution in [0, 0.1) is 11.6 Å². The van der Waals surface area contributed by atoms with E-state index < -0.39 is 23.4 Å².